The van der Waals surface area contributed by atoms with Crippen molar-refractivity contribution in [1.29, 1.82) is 0 Å². The molecule has 4 rings (SSSR count). The van der Waals surface area contributed by atoms with Crippen LogP contribution in [0.3, 0.4) is 0 Å². The number of rotatable bonds is 5. The van der Waals surface area contributed by atoms with Crippen LogP contribution in [0.5, 0.6) is 5.75 Å². The lowest BCUT2D eigenvalue weighted by atomic mass is 10.1. The summed E-state index contributed by atoms with van der Waals surface area (Å²) in [5.74, 6) is -1.58. The summed E-state index contributed by atoms with van der Waals surface area (Å²) in [5, 5.41) is 3.44. The van der Waals surface area contributed by atoms with Crippen molar-refractivity contribution in [2.45, 2.75) is 18.9 Å². The Morgan fingerprint density at radius 3 is 2.87 bits per heavy atom. The molecule has 156 valence electrons. The lowest BCUT2D eigenvalue weighted by Crippen LogP contribution is -2.34. The summed E-state index contributed by atoms with van der Waals surface area (Å²) >= 11 is 0. The van der Waals surface area contributed by atoms with E-state index in [0.717, 1.165) is 25.0 Å². The van der Waals surface area contributed by atoms with Crippen molar-refractivity contribution >= 4 is 22.6 Å². The van der Waals surface area contributed by atoms with E-state index in [4.69, 9.17) is 13.9 Å². The van der Waals surface area contributed by atoms with Gasteiger partial charge >= 0.3 is 0 Å². The molecule has 0 spiro atoms. The maximum absolute atomic E-state index is 14.2. The number of methoxy groups -OCH3 is 1. The number of carbonyl (C=O) groups excluding carboxylic acids is 1. The number of hydrogen-bond donors (Lipinski definition) is 1. The SMILES string of the molecule is COc1cccc2cc(C(=O)NC[C@@H]3CCCO3)c(=Nc3ccc(F)cc3F)oc12. The summed E-state index contributed by atoms with van der Waals surface area (Å²) in [6.45, 7) is 1.02. The van der Waals surface area contributed by atoms with Gasteiger partial charge in [0.15, 0.2) is 17.1 Å². The van der Waals surface area contributed by atoms with Crippen LogP contribution in [0, 0.1) is 11.6 Å². The number of fused-ring (bicyclic) bond motifs is 1. The van der Waals surface area contributed by atoms with E-state index in [1.165, 1.54) is 13.2 Å². The molecule has 2 heterocycles. The van der Waals surface area contributed by atoms with Crippen LogP contribution in [-0.4, -0.2) is 32.3 Å². The molecule has 1 amide bonds. The number of nitrogens with zero attached hydrogens (tertiary/aromatic N) is 1. The third-order valence-electron chi connectivity index (χ3n) is 4.85. The fourth-order valence-electron chi connectivity index (χ4n) is 3.32. The zero-order valence-electron chi connectivity index (χ0n) is 16.3. The summed E-state index contributed by atoms with van der Waals surface area (Å²) in [7, 11) is 1.49. The number of amides is 1. The number of hydrogen-bond acceptors (Lipinski definition) is 5. The van der Waals surface area contributed by atoms with Crippen LogP contribution < -0.4 is 15.6 Å². The summed E-state index contributed by atoms with van der Waals surface area (Å²) < 4.78 is 44.1. The highest BCUT2D eigenvalue weighted by molar-refractivity contribution is 5.97. The van der Waals surface area contributed by atoms with E-state index in [9.17, 15) is 13.6 Å². The van der Waals surface area contributed by atoms with Crippen LogP contribution in [0.25, 0.3) is 11.0 Å². The normalized spacial score (nSPS) is 16.8. The van der Waals surface area contributed by atoms with Gasteiger partial charge < -0.3 is 19.2 Å². The molecule has 0 unspecified atom stereocenters. The summed E-state index contributed by atoms with van der Waals surface area (Å²) in [6, 6.07) is 9.82. The molecule has 1 fully saturated rings. The Hall–Kier alpha value is -3.26. The number of ether oxygens (including phenoxy) is 2. The molecule has 0 bridgehead atoms. The van der Waals surface area contributed by atoms with Gasteiger partial charge in [0.1, 0.15) is 17.1 Å². The maximum atomic E-state index is 14.2. The second kappa shape index (κ2) is 8.62. The second-order valence-corrected chi connectivity index (χ2v) is 6.90. The lowest BCUT2D eigenvalue weighted by Gasteiger charge is -2.12. The molecule has 6 nitrogen and oxygen atoms in total. The average Bonchev–Trinajstić information content (AvgIpc) is 3.26. The lowest BCUT2D eigenvalue weighted by molar-refractivity contribution is 0.0854. The van der Waals surface area contributed by atoms with E-state index >= 15 is 0 Å². The molecular formula is C22H20F2N2O4. The molecule has 3 aromatic rings. The van der Waals surface area contributed by atoms with Crippen molar-refractivity contribution in [2.75, 3.05) is 20.3 Å². The minimum absolute atomic E-state index is 0.0404. The first-order chi connectivity index (χ1) is 14.5. The first-order valence-corrected chi connectivity index (χ1v) is 9.55. The van der Waals surface area contributed by atoms with Gasteiger partial charge in [-0.3, -0.25) is 4.79 Å². The quantitative estimate of drug-likeness (QED) is 0.688. The summed E-state index contributed by atoms with van der Waals surface area (Å²) in [5.41, 5.74) is 0.222. The molecule has 8 heteroatoms. The van der Waals surface area contributed by atoms with Gasteiger partial charge in [-0.25, -0.2) is 13.8 Å². The Bertz CT molecular complexity index is 1150. The molecule has 1 aliphatic rings. The fraction of sp³-hybridized carbons (Fsp3) is 0.273. The van der Waals surface area contributed by atoms with Crippen LogP contribution in [0.15, 0.2) is 51.9 Å². The van der Waals surface area contributed by atoms with Gasteiger partial charge in [0.05, 0.1) is 13.2 Å². The number of benzene rings is 2. The van der Waals surface area contributed by atoms with E-state index < -0.39 is 17.5 Å². The largest absolute Gasteiger partial charge is 0.493 e. The van der Waals surface area contributed by atoms with Crippen molar-refractivity contribution in [2.24, 2.45) is 4.99 Å². The highest BCUT2D eigenvalue weighted by Crippen LogP contribution is 2.25. The average molecular weight is 414 g/mol. The van der Waals surface area contributed by atoms with E-state index in [2.05, 4.69) is 10.3 Å². The highest BCUT2D eigenvalue weighted by atomic mass is 19.1. The Balaban J connectivity index is 1.81. The van der Waals surface area contributed by atoms with Gasteiger partial charge in [-0.05, 0) is 37.1 Å². The van der Waals surface area contributed by atoms with Crippen LogP contribution >= 0.6 is 0 Å². The molecule has 2 aromatic carbocycles. The van der Waals surface area contributed by atoms with Gasteiger partial charge in [0.2, 0.25) is 5.55 Å². The van der Waals surface area contributed by atoms with Gasteiger partial charge in [-0.15, -0.1) is 0 Å². The zero-order valence-corrected chi connectivity index (χ0v) is 16.3. The Labute approximate surface area is 171 Å². The molecule has 1 aromatic heterocycles. The van der Waals surface area contributed by atoms with E-state index in [0.29, 0.717) is 29.9 Å². The van der Waals surface area contributed by atoms with Gasteiger partial charge in [0, 0.05) is 24.6 Å². The van der Waals surface area contributed by atoms with E-state index in [1.54, 1.807) is 24.3 Å². The Morgan fingerprint density at radius 2 is 2.13 bits per heavy atom. The Kier molecular flexibility index (Phi) is 5.76. The van der Waals surface area contributed by atoms with E-state index in [-0.39, 0.29) is 22.9 Å². The molecular weight excluding hydrogens is 394 g/mol. The highest BCUT2D eigenvalue weighted by Gasteiger charge is 2.19. The van der Waals surface area contributed by atoms with Gasteiger partial charge in [-0.1, -0.05) is 12.1 Å². The molecule has 1 saturated heterocycles. The Morgan fingerprint density at radius 1 is 1.27 bits per heavy atom. The van der Waals surface area contributed by atoms with Crippen LogP contribution in [0.4, 0.5) is 14.5 Å². The predicted octanol–water partition coefficient (Wildman–Crippen LogP) is 3.86. The number of halogens is 2. The summed E-state index contributed by atoms with van der Waals surface area (Å²) in [6.07, 6.45) is 1.79. The van der Waals surface area contributed by atoms with Gasteiger partial charge in [0.25, 0.3) is 5.91 Å². The maximum Gasteiger partial charge on any atom is 0.256 e. The molecule has 1 N–H and O–H groups in total. The monoisotopic (exact) mass is 414 g/mol. The first-order valence-electron chi connectivity index (χ1n) is 9.55. The minimum atomic E-state index is -0.865. The third-order valence-corrected chi connectivity index (χ3v) is 4.85. The summed E-state index contributed by atoms with van der Waals surface area (Å²) in [4.78, 5) is 17.0. The van der Waals surface area contributed by atoms with E-state index in [1.807, 2.05) is 0 Å². The fourth-order valence-corrected chi connectivity index (χ4v) is 3.32. The van der Waals surface area contributed by atoms with Crippen LogP contribution in [0.2, 0.25) is 0 Å². The van der Waals surface area contributed by atoms with Crippen molar-refractivity contribution in [3.63, 3.8) is 0 Å². The minimum Gasteiger partial charge on any atom is -0.493 e. The number of nitrogens with one attached hydrogen (secondary N) is 1. The molecule has 30 heavy (non-hydrogen) atoms. The zero-order chi connectivity index (χ0) is 21.1. The molecule has 0 radical (unpaired) electrons. The molecule has 1 atom stereocenters. The molecule has 0 aliphatic carbocycles. The van der Waals surface area contributed by atoms with Crippen molar-refractivity contribution in [3.8, 4) is 5.75 Å². The topological polar surface area (TPSA) is 73.1 Å². The van der Waals surface area contributed by atoms with Crippen molar-refractivity contribution in [3.05, 3.63) is 65.2 Å². The van der Waals surface area contributed by atoms with Crippen LogP contribution in [0.1, 0.15) is 23.2 Å². The van der Waals surface area contributed by atoms with Crippen molar-refractivity contribution in [1.82, 2.24) is 5.32 Å². The third kappa shape index (κ3) is 4.18. The molecule has 0 saturated carbocycles. The van der Waals surface area contributed by atoms with Crippen LogP contribution in [-0.2, 0) is 4.74 Å². The standard InChI is InChI=1S/C22H20F2N2O4/c1-28-19-6-2-4-13-10-16(21(27)25-12-15-5-3-9-29-15)22(30-20(13)19)26-18-8-7-14(23)11-17(18)24/h2,4,6-8,10-11,15H,3,5,9,12H2,1H3,(H,25,27)/t15-/m0/s1. The second-order valence-electron chi connectivity index (χ2n) is 6.90. The predicted molar refractivity (Wildman–Crippen MR) is 106 cm³/mol. The molecule has 1 aliphatic heterocycles. The number of para-hydroxylation sites is 1. The van der Waals surface area contributed by atoms with Gasteiger partial charge in [-0.2, -0.15) is 0 Å². The smallest absolute Gasteiger partial charge is 0.256 e. The van der Waals surface area contributed by atoms with Crippen molar-refractivity contribution < 1.29 is 27.5 Å². The first kappa shape index (κ1) is 20.0. The number of carbonyl (C=O) groups is 1.